The average molecular weight is 448 g/mol. The van der Waals surface area contributed by atoms with Crippen molar-refractivity contribution in [1.82, 2.24) is 15.0 Å². The smallest absolute Gasteiger partial charge is 0.433 e. The van der Waals surface area contributed by atoms with Gasteiger partial charge in [-0.1, -0.05) is 17.7 Å². The van der Waals surface area contributed by atoms with Gasteiger partial charge in [0.05, 0.1) is 17.9 Å². The van der Waals surface area contributed by atoms with Crippen molar-refractivity contribution in [2.75, 3.05) is 6.61 Å². The molecule has 2 aromatic heterocycles. The first-order valence-electron chi connectivity index (χ1n) is 8.41. The maximum atomic E-state index is 13.4. The Labute approximate surface area is 171 Å². The van der Waals surface area contributed by atoms with Crippen LogP contribution >= 0.6 is 11.6 Å². The zero-order valence-corrected chi connectivity index (χ0v) is 15.9. The SMILES string of the molecule is CCOc1cc(-c2cc(C(F)(F)F)nc(-c3ccnc(Cl)c3)n2)ccc1C(F)(F)F. The van der Waals surface area contributed by atoms with Gasteiger partial charge in [0.15, 0.2) is 5.82 Å². The minimum Gasteiger partial charge on any atom is -0.493 e. The van der Waals surface area contributed by atoms with Gasteiger partial charge in [-0.05, 0) is 37.3 Å². The Kier molecular flexibility index (Phi) is 5.89. The molecule has 0 amide bonds. The first kappa shape index (κ1) is 21.8. The second kappa shape index (κ2) is 8.10. The molecule has 4 nitrogen and oxygen atoms in total. The lowest BCUT2D eigenvalue weighted by Gasteiger charge is -2.15. The minimum atomic E-state index is -4.81. The zero-order chi connectivity index (χ0) is 22.1. The highest BCUT2D eigenvalue weighted by Gasteiger charge is 2.36. The molecule has 3 rings (SSSR count). The fraction of sp³-hybridized carbons (Fsp3) is 0.211. The van der Waals surface area contributed by atoms with Crippen molar-refractivity contribution >= 4 is 11.6 Å². The number of pyridine rings is 1. The van der Waals surface area contributed by atoms with Crippen LogP contribution in [-0.4, -0.2) is 21.6 Å². The summed E-state index contributed by atoms with van der Waals surface area (Å²) in [4.78, 5) is 11.4. The van der Waals surface area contributed by atoms with Crippen LogP contribution in [0.1, 0.15) is 18.2 Å². The number of halogens is 7. The van der Waals surface area contributed by atoms with Crippen molar-refractivity contribution in [2.24, 2.45) is 0 Å². The van der Waals surface area contributed by atoms with Crippen LogP contribution in [0.2, 0.25) is 5.15 Å². The molecule has 0 spiro atoms. The average Bonchev–Trinajstić information content (AvgIpc) is 2.66. The van der Waals surface area contributed by atoms with Crippen molar-refractivity contribution in [1.29, 1.82) is 0 Å². The first-order valence-corrected chi connectivity index (χ1v) is 8.79. The van der Waals surface area contributed by atoms with Crippen LogP contribution in [0.25, 0.3) is 22.6 Å². The van der Waals surface area contributed by atoms with Crippen LogP contribution in [0.15, 0.2) is 42.6 Å². The molecule has 158 valence electrons. The number of ether oxygens (including phenoxy) is 1. The van der Waals surface area contributed by atoms with Crippen molar-refractivity contribution in [3.8, 4) is 28.4 Å². The number of aromatic nitrogens is 3. The number of hydrogen-bond acceptors (Lipinski definition) is 4. The van der Waals surface area contributed by atoms with Crippen molar-refractivity contribution in [3.63, 3.8) is 0 Å². The van der Waals surface area contributed by atoms with Gasteiger partial charge in [0.2, 0.25) is 0 Å². The van der Waals surface area contributed by atoms with Gasteiger partial charge in [0, 0.05) is 17.3 Å². The summed E-state index contributed by atoms with van der Waals surface area (Å²) in [5.74, 6) is -0.815. The van der Waals surface area contributed by atoms with Crippen LogP contribution in [0.5, 0.6) is 5.75 Å². The molecule has 0 fully saturated rings. The van der Waals surface area contributed by atoms with Crippen molar-refractivity contribution in [2.45, 2.75) is 19.3 Å². The minimum absolute atomic E-state index is 0.000697. The molecule has 0 aliphatic rings. The molecule has 1 aromatic carbocycles. The van der Waals surface area contributed by atoms with Crippen LogP contribution in [0.3, 0.4) is 0 Å². The van der Waals surface area contributed by atoms with E-state index in [0.29, 0.717) is 6.07 Å². The highest BCUT2D eigenvalue weighted by molar-refractivity contribution is 6.29. The lowest BCUT2D eigenvalue weighted by Crippen LogP contribution is -2.11. The van der Waals surface area contributed by atoms with Crippen LogP contribution in [0.4, 0.5) is 26.3 Å². The summed E-state index contributed by atoms with van der Waals surface area (Å²) >= 11 is 5.78. The second-order valence-corrected chi connectivity index (χ2v) is 6.36. The van der Waals surface area contributed by atoms with Gasteiger partial charge in [-0.2, -0.15) is 26.3 Å². The molecular weight excluding hydrogens is 436 g/mol. The lowest BCUT2D eigenvalue weighted by molar-refractivity contribution is -0.141. The molecule has 0 saturated carbocycles. The molecule has 2 heterocycles. The summed E-state index contributed by atoms with van der Waals surface area (Å²) in [5.41, 5.74) is -2.36. The molecule has 0 aliphatic carbocycles. The van der Waals surface area contributed by atoms with E-state index >= 15 is 0 Å². The first-order chi connectivity index (χ1) is 14.0. The molecule has 30 heavy (non-hydrogen) atoms. The van der Waals surface area contributed by atoms with Crippen molar-refractivity contribution in [3.05, 3.63) is 59.0 Å². The Morgan fingerprint density at radius 1 is 0.900 bits per heavy atom. The number of rotatable bonds is 4. The van der Waals surface area contributed by atoms with Crippen LogP contribution in [0, 0.1) is 0 Å². The maximum Gasteiger partial charge on any atom is 0.433 e. The molecule has 0 unspecified atom stereocenters. The van der Waals surface area contributed by atoms with E-state index in [-0.39, 0.29) is 34.4 Å². The third kappa shape index (κ3) is 4.81. The summed E-state index contributed by atoms with van der Waals surface area (Å²) in [6, 6.07) is 6.06. The molecular formula is C19H12ClF6N3O. The Bertz CT molecular complexity index is 1070. The molecule has 0 bridgehead atoms. The van der Waals surface area contributed by atoms with E-state index in [1.165, 1.54) is 25.3 Å². The number of nitrogens with zero attached hydrogens (tertiary/aromatic N) is 3. The van der Waals surface area contributed by atoms with Gasteiger partial charge in [-0.3, -0.25) is 0 Å². The largest absolute Gasteiger partial charge is 0.493 e. The summed E-state index contributed by atoms with van der Waals surface area (Å²) in [6.45, 7) is 1.43. The number of hydrogen-bond donors (Lipinski definition) is 0. The van der Waals surface area contributed by atoms with E-state index in [9.17, 15) is 26.3 Å². The van der Waals surface area contributed by atoms with Gasteiger partial charge >= 0.3 is 12.4 Å². The Morgan fingerprint density at radius 3 is 2.23 bits per heavy atom. The van der Waals surface area contributed by atoms with Gasteiger partial charge in [0.25, 0.3) is 0 Å². The van der Waals surface area contributed by atoms with Crippen LogP contribution in [-0.2, 0) is 12.4 Å². The molecule has 11 heteroatoms. The summed E-state index contributed by atoms with van der Waals surface area (Å²) in [5, 5.41) is 0.0169. The molecule has 0 radical (unpaired) electrons. The molecule has 0 saturated heterocycles. The Hall–Kier alpha value is -2.88. The van der Waals surface area contributed by atoms with Gasteiger partial charge in [0.1, 0.15) is 16.6 Å². The third-order valence-electron chi connectivity index (χ3n) is 3.88. The summed E-state index contributed by atoms with van der Waals surface area (Å²) < 4.78 is 84.7. The van der Waals surface area contributed by atoms with E-state index < -0.39 is 29.4 Å². The van der Waals surface area contributed by atoms with E-state index in [2.05, 4.69) is 15.0 Å². The lowest BCUT2D eigenvalue weighted by atomic mass is 10.1. The highest BCUT2D eigenvalue weighted by atomic mass is 35.5. The predicted octanol–water partition coefficient (Wildman–Crippen LogP) is 6.30. The predicted molar refractivity (Wildman–Crippen MR) is 96.9 cm³/mol. The fourth-order valence-corrected chi connectivity index (χ4v) is 2.78. The number of benzene rings is 1. The Morgan fingerprint density at radius 2 is 1.63 bits per heavy atom. The van der Waals surface area contributed by atoms with Gasteiger partial charge in [-0.15, -0.1) is 0 Å². The van der Waals surface area contributed by atoms with E-state index in [4.69, 9.17) is 16.3 Å². The number of alkyl halides is 6. The van der Waals surface area contributed by atoms with E-state index in [0.717, 1.165) is 18.2 Å². The van der Waals surface area contributed by atoms with Crippen LogP contribution < -0.4 is 4.74 Å². The van der Waals surface area contributed by atoms with E-state index in [1.54, 1.807) is 0 Å². The quantitative estimate of drug-likeness (QED) is 0.348. The normalized spacial score (nSPS) is 12.1. The summed E-state index contributed by atoms with van der Waals surface area (Å²) in [6.07, 6.45) is -8.23. The standard InChI is InChI=1S/C19H12ClF6N3O/c1-2-30-14-7-10(3-4-12(14)18(21,22)23)13-9-15(19(24,25)26)29-17(28-13)11-5-6-27-16(20)8-11/h3-9H,2H2,1H3. The molecule has 0 atom stereocenters. The molecule has 0 aliphatic heterocycles. The third-order valence-corrected chi connectivity index (χ3v) is 4.09. The maximum absolute atomic E-state index is 13.4. The van der Waals surface area contributed by atoms with Gasteiger partial charge in [-0.25, -0.2) is 15.0 Å². The zero-order valence-electron chi connectivity index (χ0n) is 15.1. The fourth-order valence-electron chi connectivity index (χ4n) is 2.60. The highest BCUT2D eigenvalue weighted by Crippen LogP contribution is 2.39. The second-order valence-electron chi connectivity index (χ2n) is 5.97. The molecule has 3 aromatic rings. The Balaban J connectivity index is 2.20. The molecule has 0 N–H and O–H groups in total. The summed E-state index contributed by atoms with van der Waals surface area (Å²) in [7, 11) is 0. The van der Waals surface area contributed by atoms with Crippen molar-refractivity contribution < 1.29 is 31.1 Å². The van der Waals surface area contributed by atoms with E-state index in [1.807, 2.05) is 0 Å². The monoisotopic (exact) mass is 447 g/mol. The van der Waals surface area contributed by atoms with Gasteiger partial charge < -0.3 is 4.74 Å². The topological polar surface area (TPSA) is 47.9 Å².